The lowest BCUT2D eigenvalue weighted by molar-refractivity contribution is -0.350. The summed E-state index contributed by atoms with van der Waals surface area (Å²) in [5, 5.41) is 36.8. The van der Waals surface area contributed by atoms with E-state index >= 15 is 0 Å². The minimum absolute atomic E-state index is 0.701. The molecule has 0 aliphatic carbocycles. The number of rotatable bonds is 4. The van der Waals surface area contributed by atoms with Crippen LogP contribution >= 0.6 is 7.82 Å². The van der Waals surface area contributed by atoms with Crippen molar-refractivity contribution in [1.29, 1.82) is 0 Å². The second kappa shape index (κ2) is 4.65. The first-order valence-electron chi connectivity index (χ1n) is 4.23. The minimum atomic E-state index is -5.33. The molecule has 0 spiro atoms. The van der Waals surface area contributed by atoms with Gasteiger partial charge in [0.1, 0.15) is 24.9 Å². The van der Waals surface area contributed by atoms with Gasteiger partial charge in [-0.3, -0.25) is 0 Å². The van der Waals surface area contributed by atoms with Crippen molar-refractivity contribution < 1.29 is 44.0 Å². The average Bonchev–Trinajstić information content (AvgIpc) is 2.40. The van der Waals surface area contributed by atoms with Gasteiger partial charge in [0.05, 0.1) is 14.4 Å². The van der Waals surface area contributed by atoms with Crippen molar-refractivity contribution in [2.24, 2.45) is 0 Å². The second-order valence-corrected chi connectivity index (χ2v) is 4.49. The Balaban J connectivity index is 2.67. The van der Waals surface area contributed by atoms with Crippen molar-refractivity contribution in [3.8, 4) is 0 Å². The third-order valence-electron chi connectivity index (χ3n) is 2.13. The molecule has 1 aliphatic rings. The van der Waals surface area contributed by atoms with Crippen LogP contribution < -0.4 is 9.79 Å². The van der Waals surface area contributed by atoms with Crippen molar-refractivity contribution in [3.05, 3.63) is 0 Å². The van der Waals surface area contributed by atoms with Crippen LogP contribution in [0.2, 0.25) is 0 Å². The zero-order valence-corrected chi connectivity index (χ0v) is 8.82. The van der Waals surface area contributed by atoms with E-state index in [1.807, 2.05) is 0 Å². The van der Waals surface area contributed by atoms with Crippen LogP contribution in [0.15, 0.2) is 0 Å². The second-order valence-electron chi connectivity index (χ2n) is 3.34. The number of hydrogen-bond acceptors (Lipinski definition) is 9. The van der Waals surface area contributed by atoms with E-state index in [4.69, 9.17) is 5.11 Å². The fourth-order valence-corrected chi connectivity index (χ4v) is 1.65. The molecule has 1 heterocycles. The molecule has 1 fully saturated rings. The van der Waals surface area contributed by atoms with E-state index in [0.717, 1.165) is 0 Å². The number of ether oxygens (including phenoxy) is 1. The summed E-state index contributed by atoms with van der Waals surface area (Å²) in [5.74, 6) is -2.54. The van der Waals surface area contributed by atoms with E-state index in [0.29, 0.717) is 0 Å². The highest BCUT2D eigenvalue weighted by Gasteiger charge is 2.53. The molecule has 9 nitrogen and oxygen atoms in total. The molecule has 0 bridgehead atoms. The first-order chi connectivity index (χ1) is 7.19. The quantitative estimate of drug-likeness (QED) is 0.365. The Morgan fingerprint density at radius 1 is 1.44 bits per heavy atom. The van der Waals surface area contributed by atoms with Crippen LogP contribution in [-0.2, 0) is 13.8 Å². The first kappa shape index (κ1) is 14.0. The molecule has 0 aromatic heterocycles. The maximum absolute atomic E-state index is 10.2. The van der Waals surface area contributed by atoms with Gasteiger partial charge in [-0.05, 0) is 0 Å². The van der Waals surface area contributed by atoms with Gasteiger partial charge in [-0.1, -0.05) is 0 Å². The lowest BCUT2D eigenvalue weighted by atomic mass is 10.1. The maximum atomic E-state index is 10.2. The van der Waals surface area contributed by atoms with Gasteiger partial charge < -0.3 is 44.0 Å². The summed E-state index contributed by atoms with van der Waals surface area (Å²) in [7, 11) is -5.33. The highest BCUT2D eigenvalue weighted by molar-refractivity contribution is 7.43. The van der Waals surface area contributed by atoms with E-state index in [1.165, 1.54) is 0 Å². The predicted octanol–water partition coefficient (Wildman–Crippen LogP) is -4.37. The lowest BCUT2D eigenvalue weighted by Gasteiger charge is -2.33. The van der Waals surface area contributed by atoms with E-state index in [1.54, 1.807) is 0 Å². The summed E-state index contributed by atoms with van der Waals surface area (Å²) < 4.78 is 18.5. The van der Waals surface area contributed by atoms with Crippen molar-refractivity contribution in [2.75, 3.05) is 13.2 Å². The zero-order valence-electron chi connectivity index (χ0n) is 7.92. The van der Waals surface area contributed by atoms with Crippen molar-refractivity contribution in [1.82, 2.24) is 0 Å². The first-order valence-corrected chi connectivity index (χ1v) is 5.69. The number of hydrogen-bond donors (Lipinski definition) is 4. The monoisotopic (exact) mass is 258 g/mol. The summed E-state index contributed by atoms with van der Waals surface area (Å²) in [4.78, 5) is 20.3. The Bertz CT molecular complexity index is 290. The highest BCUT2D eigenvalue weighted by atomic mass is 31.2. The smallest absolute Gasteiger partial charge is 0.219 e. The molecule has 0 aromatic rings. The van der Waals surface area contributed by atoms with Crippen molar-refractivity contribution >= 4 is 7.82 Å². The molecule has 1 rings (SSSR count). The van der Waals surface area contributed by atoms with Crippen LogP contribution in [0, 0.1) is 0 Å². The van der Waals surface area contributed by atoms with Crippen molar-refractivity contribution in [3.63, 3.8) is 0 Å². The fraction of sp³-hybridized carbons (Fsp3) is 1.00. The van der Waals surface area contributed by atoms with Crippen LogP contribution in [0.4, 0.5) is 0 Å². The molecular weight excluding hydrogens is 247 g/mol. The van der Waals surface area contributed by atoms with E-state index in [2.05, 4.69) is 9.26 Å². The van der Waals surface area contributed by atoms with E-state index < -0.39 is 45.1 Å². The summed E-state index contributed by atoms with van der Waals surface area (Å²) in [6, 6.07) is 0. The molecular formula is C6H11O9P-2. The van der Waals surface area contributed by atoms with Gasteiger partial charge >= 0.3 is 0 Å². The molecule has 10 heteroatoms. The van der Waals surface area contributed by atoms with Gasteiger partial charge in [0.25, 0.3) is 0 Å². The molecule has 0 amide bonds. The minimum Gasteiger partial charge on any atom is -0.790 e. The maximum Gasteiger partial charge on any atom is 0.219 e. The molecule has 0 unspecified atom stereocenters. The molecule has 16 heavy (non-hydrogen) atoms. The van der Waals surface area contributed by atoms with E-state index in [9.17, 15) is 29.7 Å². The van der Waals surface area contributed by atoms with Gasteiger partial charge in [0.15, 0.2) is 0 Å². The van der Waals surface area contributed by atoms with Crippen molar-refractivity contribution in [2.45, 2.75) is 24.1 Å². The largest absolute Gasteiger partial charge is 0.790 e. The Labute approximate surface area is 90.1 Å². The van der Waals surface area contributed by atoms with Crippen LogP contribution in [0.25, 0.3) is 0 Å². The topological polar surface area (TPSA) is 163 Å². The summed E-state index contributed by atoms with van der Waals surface area (Å²) >= 11 is 0. The molecule has 0 aromatic carbocycles. The van der Waals surface area contributed by atoms with Gasteiger partial charge in [-0.2, -0.15) is 0 Å². The van der Waals surface area contributed by atoms with Crippen LogP contribution in [0.1, 0.15) is 0 Å². The SMILES string of the molecule is O=P([O-])([O-])OC[C@]1(O)O[C@H](CO)[C@@H](O)[C@@H]1O. The van der Waals surface area contributed by atoms with Crippen LogP contribution in [0.5, 0.6) is 0 Å². The highest BCUT2D eigenvalue weighted by Crippen LogP contribution is 2.34. The fourth-order valence-electron chi connectivity index (χ4n) is 1.31. The molecule has 0 radical (unpaired) electrons. The number of aliphatic hydroxyl groups is 4. The zero-order chi connectivity index (χ0) is 12.6. The van der Waals surface area contributed by atoms with Crippen LogP contribution in [0.3, 0.4) is 0 Å². The molecule has 1 saturated heterocycles. The van der Waals surface area contributed by atoms with Gasteiger partial charge in [0, 0.05) is 0 Å². The normalized spacial score (nSPS) is 40.2. The Morgan fingerprint density at radius 2 is 2.00 bits per heavy atom. The summed E-state index contributed by atoms with van der Waals surface area (Å²) in [6.07, 6.45) is -4.80. The van der Waals surface area contributed by atoms with Crippen LogP contribution in [-0.4, -0.2) is 57.7 Å². The molecule has 0 saturated carbocycles. The number of aliphatic hydroxyl groups excluding tert-OH is 3. The molecule has 96 valence electrons. The Morgan fingerprint density at radius 3 is 2.38 bits per heavy atom. The standard InChI is InChI=1S/C6H13O9P/c7-1-3-4(8)5(9)6(10,15-3)2-14-16(11,12)13/h3-5,7-10H,1-2H2,(H2,11,12,13)/p-2/t3-,4-,5+,6+/m1/s1. The van der Waals surface area contributed by atoms with E-state index in [-0.39, 0.29) is 0 Å². The Hall–Kier alpha value is -0.0900. The van der Waals surface area contributed by atoms with Gasteiger partial charge in [-0.25, -0.2) is 0 Å². The molecule has 4 atom stereocenters. The third-order valence-corrected chi connectivity index (χ3v) is 2.58. The summed E-state index contributed by atoms with van der Waals surface area (Å²) in [6.45, 7) is -1.86. The Kier molecular flexibility index (Phi) is 4.06. The molecule has 4 N–H and O–H groups in total. The van der Waals surface area contributed by atoms with Gasteiger partial charge in [-0.15, -0.1) is 0 Å². The number of phosphoric ester groups is 1. The lowest BCUT2D eigenvalue weighted by Crippen LogP contribution is -2.47. The van der Waals surface area contributed by atoms with Gasteiger partial charge in [0.2, 0.25) is 5.79 Å². The number of phosphoric acid groups is 1. The average molecular weight is 258 g/mol. The molecule has 1 aliphatic heterocycles. The third kappa shape index (κ3) is 2.98. The summed E-state index contributed by atoms with van der Waals surface area (Å²) in [5.41, 5.74) is 0. The predicted molar refractivity (Wildman–Crippen MR) is 42.5 cm³/mol.